The number of carbonyl (C=O) groups excluding carboxylic acids is 1. The van der Waals surface area contributed by atoms with Crippen molar-refractivity contribution in [2.45, 2.75) is 25.7 Å². The molecular weight excluding hydrogens is 258 g/mol. The van der Waals surface area contributed by atoms with Gasteiger partial charge in [-0.2, -0.15) is 0 Å². The summed E-state index contributed by atoms with van der Waals surface area (Å²) < 4.78 is 0. The van der Waals surface area contributed by atoms with Crippen molar-refractivity contribution in [1.82, 2.24) is 5.06 Å². The number of hydroxylamine groups is 2. The van der Waals surface area contributed by atoms with Gasteiger partial charge in [-0.25, -0.2) is 4.79 Å². The van der Waals surface area contributed by atoms with Gasteiger partial charge in [0.1, 0.15) is 0 Å². The molecule has 1 aromatic carbocycles. The van der Waals surface area contributed by atoms with Crippen LogP contribution in [0.4, 0.5) is 0 Å². The molecule has 0 aliphatic heterocycles. The highest BCUT2D eigenvalue weighted by Gasteiger charge is 2.16. The van der Waals surface area contributed by atoms with Crippen molar-refractivity contribution in [3.8, 4) is 0 Å². The highest BCUT2D eigenvalue weighted by molar-refractivity contribution is 7.80. The van der Waals surface area contributed by atoms with Gasteiger partial charge in [0.25, 0.3) is 0 Å². The molecule has 1 rings (SSSR count). The minimum atomic E-state index is -0.450. The molecule has 0 radical (unpaired) electrons. The van der Waals surface area contributed by atoms with E-state index in [0.717, 1.165) is 10.5 Å². The van der Waals surface area contributed by atoms with Crippen molar-refractivity contribution < 1.29 is 9.63 Å². The number of carbonyl (C=O) groups is 1. The topological polar surface area (TPSA) is 29.5 Å². The molecule has 0 spiro atoms. The lowest BCUT2D eigenvalue weighted by Gasteiger charge is -2.17. The number of hydrogen-bond donors (Lipinski definition) is 1. The molecule has 0 fully saturated rings. The van der Waals surface area contributed by atoms with E-state index in [4.69, 9.17) is 16.4 Å². The average molecular weight is 274 g/mol. The molecule has 0 aliphatic carbocycles. The fourth-order valence-corrected chi connectivity index (χ4v) is 1.83. The highest BCUT2D eigenvalue weighted by Crippen LogP contribution is 2.24. The van der Waals surface area contributed by atoms with Gasteiger partial charge in [-0.1, -0.05) is 11.6 Å². The van der Waals surface area contributed by atoms with E-state index in [-0.39, 0.29) is 0 Å². The van der Waals surface area contributed by atoms with Gasteiger partial charge in [-0.15, -0.1) is 17.7 Å². The first-order valence-corrected chi connectivity index (χ1v) is 6.28. The molecule has 0 saturated heterocycles. The maximum absolute atomic E-state index is 11.9. The Balaban J connectivity index is 2.93. The van der Waals surface area contributed by atoms with E-state index in [0.29, 0.717) is 23.7 Å². The minimum Gasteiger partial charge on any atom is -0.364 e. The van der Waals surface area contributed by atoms with Crippen molar-refractivity contribution in [2.75, 3.05) is 13.1 Å². The molecule has 0 unspecified atom stereocenters. The van der Waals surface area contributed by atoms with Crippen LogP contribution in [0.15, 0.2) is 17.0 Å². The summed E-state index contributed by atoms with van der Waals surface area (Å²) in [5.74, 6) is -0.450. The summed E-state index contributed by atoms with van der Waals surface area (Å²) in [7, 11) is 0. The molecule has 0 heterocycles. The molecule has 0 aliphatic rings. The summed E-state index contributed by atoms with van der Waals surface area (Å²) in [4.78, 5) is 17.8. The van der Waals surface area contributed by atoms with Crippen LogP contribution in [0, 0.1) is 6.92 Å². The predicted octanol–water partition coefficient (Wildman–Crippen LogP) is 3.35. The summed E-state index contributed by atoms with van der Waals surface area (Å²) in [6, 6.07) is 3.34. The Morgan fingerprint density at radius 1 is 1.41 bits per heavy atom. The van der Waals surface area contributed by atoms with E-state index in [2.05, 4.69) is 12.6 Å². The second kappa shape index (κ2) is 6.28. The van der Waals surface area contributed by atoms with Crippen molar-refractivity contribution >= 4 is 30.2 Å². The third kappa shape index (κ3) is 3.63. The second-order valence-corrected chi connectivity index (χ2v) is 4.50. The molecule has 0 saturated carbocycles. The SMILES string of the molecule is CCN(CC)OC(=O)c1cc(S)c(C)cc1Cl. The van der Waals surface area contributed by atoms with Crippen molar-refractivity contribution in [3.05, 3.63) is 28.3 Å². The van der Waals surface area contributed by atoms with Gasteiger partial charge >= 0.3 is 5.97 Å². The molecule has 0 N–H and O–H groups in total. The van der Waals surface area contributed by atoms with Crippen LogP contribution in [-0.4, -0.2) is 24.1 Å². The van der Waals surface area contributed by atoms with Crippen LogP contribution >= 0.6 is 24.2 Å². The van der Waals surface area contributed by atoms with E-state index in [1.165, 1.54) is 0 Å². The van der Waals surface area contributed by atoms with Gasteiger partial charge in [0.05, 0.1) is 10.6 Å². The molecule has 0 bridgehead atoms. The minimum absolute atomic E-state index is 0.342. The molecule has 94 valence electrons. The van der Waals surface area contributed by atoms with Crippen LogP contribution in [0.5, 0.6) is 0 Å². The molecular formula is C12H16ClNO2S. The maximum atomic E-state index is 11.9. The Hall–Kier alpha value is -0.710. The number of hydrogen-bond acceptors (Lipinski definition) is 4. The smallest absolute Gasteiger partial charge is 0.358 e. The molecule has 0 atom stereocenters. The van der Waals surface area contributed by atoms with Crippen LogP contribution in [-0.2, 0) is 4.84 Å². The summed E-state index contributed by atoms with van der Waals surface area (Å²) >= 11 is 10.3. The number of halogens is 1. The van der Waals surface area contributed by atoms with Crippen LogP contribution in [0.1, 0.15) is 29.8 Å². The molecule has 0 amide bonds. The van der Waals surface area contributed by atoms with E-state index in [1.807, 2.05) is 20.8 Å². The van der Waals surface area contributed by atoms with Gasteiger partial charge < -0.3 is 4.84 Å². The maximum Gasteiger partial charge on any atom is 0.358 e. The van der Waals surface area contributed by atoms with Gasteiger partial charge in [0.2, 0.25) is 0 Å². The van der Waals surface area contributed by atoms with Gasteiger partial charge in [-0.05, 0) is 38.5 Å². The zero-order valence-corrected chi connectivity index (χ0v) is 11.8. The Morgan fingerprint density at radius 3 is 2.53 bits per heavy atom. The summed E-state index contributed by atoms with van der Waals surface area (Å²) in [5, 5.41) is 1.95. The Morgan fingerprint density at radius 2 is 2.00 bits per heavy atom. The van der Waals surface area contributed by atoms with Crippen molar-refractivity contribution in [1.29, 1.82) is 0 Å². The number of nitrogens with zero attached hydrogens (tertiary/aromatic N) is 1. The third-order valence-electron chi connectivity index (χ3n) is 2.42. The predicted molar refractivity (Wildman–Crippen MR) is 71.8 cm³/mol. The normalized spacial score (nSPS) is 10.7. The number of benzene rings is 1. The van der Waals surface area contributed by atoms with E-state index in [9.17, 15) is 4.79 Å². The summed E-state index contributed by atoms with van der Waals surface area (Å²) in [6.45, 7) is 6.99. The van der Waals surface area contributed by atoms with Gasteiger partial charge in [0, 0.05) is 18.0 Å². The first-order valence-electron chi connectivity index (χ1n) is 5.45. The van der Waals surface area contributed by atoms with Crippen LogP contribution < -0.4 is 0 Å². The van der Waals surface area contributed by atoms with E-state index in [1.54, 1.807) is 17.2 Å². The standard InChI is InChI=1S/C12H16ClNO2S/c1-4-14(5-2)16-12(15)9-7-11(17)8(3)6-10(9)13/h6-7,17H,4-5H2,1-3H3. The van der Waals surface area contributed by atoms with Crippen LogP contribution in [0.25, 0.3) is 0 Å². The monoisotopic (exact) mass is 273 g/mol. The van der Waals surface area contributed by atoms with Gasteiger partial charge in [-0.3, -0.25) is 0 Å². The Kier molecular flexibility index (Phi) is 5.31. The fourth-order valence-electron chi connectivity index (χ4n) is 1.34. The van der Waals surface area contributed by atoms with Crippen molar-refractivity contribution in [3.63, 3.8) is 0 Å². The van der Waals surface area contributed by atoms with Crippen LogP contribution in [0.2, 0.25) is 5.02 Å². The third-order valence-corrected chi connectivity index (χ3v) is 3.22. The lowest BCUT2D eigenvalue weighted by atomic mass is 10.1. The number of aryl methyl sites for hydroxylation is 1. The molecule has 0 aromatic heterocycles. The summed E-state index contributed by atoms with van der Waals surface area (Å²) in [6.07, 6.45) is 0. The Bertz CT molecular complexity index is 419. The largest absolute Gasteiger partial charge is 0.364 e. The van der Waals surface area contributed by atoms with E-state index >= 15 is 0 Å². The molecule has 1 aromatic rings. The van der Waals surface area contributed by atoms with Gasteiger partial charge in [0.15, 0.2) is 0 Å². The molecule has 5 heteroatoms. The summed E-state index contributed by atoms with van der Waals surface area (Å²) in [5.41, 5.74) is 1.27. The lowest BCUT2D eigenvalue weighted by Crippen LogP contribution is -2.27. The van der Waals surface area contributed by atoms with Crippen LogP contribution in [0.3, 0.4) is 0 Å². The molecule has 3 nitrogen and oxygen atoms in total. The Labute approximate surface area is 112 Å². The highest BCUT2D eigenvalue weighted by atomic mass is 35.5. The van der Waals surface area contributed by atoms with Crippen molar-refractivity contribution in [2.24, 2.45) is 0 Å². The van der Waals surface area contributed by atoms with E-state index < -0.39 is 5.97 Å². The number of thiol groups is 1. The zero-order valence-electron chi connectivity index (χ0n) is 10.2. The zero-order chi connectivity index (χ0) is 13.0. The molecule has 17 heavy (non-hydrogen) atoms. The first kappa shape index (κ1) is 14.4. The first-order chi connectivity index (χ1) is 7.99. The second-order valence-electron chi connectivity index (χ2n) is 3.61. The lowest BCUT2D eigenvalue weighted by molar-refractivity contribution is -0.103. The quantitative estimate of drug-likeness (QED) is 0.674. The average Bonchev–Trinajstić information content (AvgIpc) is 2.30. The fraction of sp³-hybridized carbons (Fsp3) is 0.417. The number of rotatable bonds is 4.